The summed E-state index contributed by atoms with van der Waals surface area (Å²) in [6, 6.07) is 17.2. The van der Waals surface area contributed by atoms with Gasteiger partial charge >= 0.3 is 0 Å². The molecule has 0 aliphatic heterocycles. The number of benzene rings is 3. The van der Waals surface area contributed by atoms with Crippen molar-refractivity contribution in [1.29, 1.82) is 0 Å². The quantitative estimate of drug-likeness (QED) is 0.592. The summed E-state index contributed by atoms with van der Waals surface area (Å²) in [6.07, 6.45) is 0. The maximum Gasteiger partial charge on any atom is 0.272 e. The lowest BCUT2D eigenvalue weighted by molar-refractivity contribution is 0.100. The number of sulfonamides is 1. The summed E-state index contributed by atoms with van der Waals surface area (Å²) in [5, 5.41) is 0. The van der Waals surface area contributed by atoms with Gasteiger partial charge in [-0.1, -0.05) is 48.0 Å². The van der Waals surface area contributed by atoms with Crippen LogP contribution in [0.3, 0.4) is 0 Å². The van der Waals surface area contributed by atoms with E-state index in [1.807, 2.05) is 52.8 Å². The average Bonchev–Trinajstić information content (AvgIpc) is 2.65. The molecule has 0 aliphatic carbocycles. The number of hydrogen-bond donors (Lipinski definition) is 0. The van der Waals surface area contributed by atoms with Gasteiger partial charge in [0.2, 0.25) is 0 Å². The number of rotatable bonds is 4. The number of carbonyl (C=O) groups excluding carboxylic acids is 1. The predicted octanol–water partition coefficient (Wildman–Crippen LogP) is 5.26. The summed E-state index contributed by atoms with van der Waals surface area (Å²) in [7, 11) is -4.10. The minimum atomic E-state index is -4.10. The van der Waals surface area contributed by atoms with Crippen LogP contribution in [0.2, 0.25) is 0 Å². The van der Waals surface area contributed by atoms with E-state index in [2.05, 4.69) is 0 Å². The largest absolute Gasteiger partial charge is 0.272 e. The third kappa shape index (κ3) is 3.83. The van der Waals surface area contributed by atoms with E-state index in [4.69, 9.17) is 0 Å². The number of aryl methyl sites for hydroxylation is 4. The molecule has 0 radical (unpaired) electrons. The Bertz CT molecular complexity index is 1160. The van der Waals surface area contributed by atoms with Crippen LogP contribution in [0.15, 0.2) is 65.6 Å². The molecule has 0 unspecified atom stereocenters. The average molecular weight is 408 g/mol. The molecule has 3 rings (SSSR count). The fraction of sp³-hybridized carbons (Fsp3) is 0.208. The third-order valence-electron chi connectivity index (χ3n) is 5.15. The van der Waals surface area contributed by atoms with Crippen molar-refractivity contribution in [2.45, 2.75) is 39.5 Å². The number of carbonyl (C=O) groups is 1. The Morgan fingerprint density at radius 1 is 0.759 bits per heavy atom. The first-order valence-electron chi connectivity index (χ1n) is 9.43. The van der Waals surface area contributed by atoms with Crippen molar-refractivity contribution in [1.82, 2.24) is 0 Å². The van der Waals surface area contributed by atoms with Crippen LogP contribution in [0.1, 0.15) is 38.2 Å². The van der Waals surface area contributed by atoms with Crippen molar-refractivity contribution in [3.05, 3.63) is 94.0 Å². The molecule has 5 heteroatoms. The maximum atomic E-state index is 13.7. The van der Waals surface area contributed by atoms with Gasteiger partial charge in [-0.2, -0.15) is 4.31 Å². The molecule has 150 valence electrons. The van der Waals surface area contributed by atoms with Crippen LogP contribution in [0.25, 0.3) is 0 Å². The highest BCUT2D eigenvalue weighted by molar-refractivity contribution is 7.93. The molecule has 4 nitrogen and oxygen atoms in total. The summed E-state index contributed by atoms with van der Waals surface area (Å²) >= 11 is 0. The van der Waals surface area contributed by atoms with E-state index in [0.717, 1.165) is 32.1 Å². The van der Waals surface area contributed by atoms with E-state index in [9.17, 15) is 13.2 Å². The van der Waals surface area contributed by atoms with Crippen molar-refractivity contribution < 1.29 is 13.2 Å². The highest BCUT2D eigenvalue weighted by Crippen LogP contribution is 2.31. The number of amides is 1. The highest BCUT2D eigenvalue weighted by Gasteiger charge is 2.34. The van der Waals surface area contributed by atoms with Gasteiger partial charge in [-0.25, -0.2) is 8.42 Å². The molecule has 3 aromatic rings. The molecular formula is C24H25NO3S. The SMILES string of the molecule is Cc1cc(C)c(C(=O)N(c2cccc(C)c2C)S(=O)(=O)c2ccccc2)c(C)c1. The summed E-state index contributed by atoms with van der Waals surface area (Å²) in [5.41, 5.74) is 5.00. The van der Waals surface area contributed by atoms with Crippen LogP contribution in [0.5, 0.6) is 0 Å². The van der Waals surface area contributed by atoms with Crippen LogP contribution in [0, 0.1) is 34.6 Å². The van der Waals surface area contributed by atoms with Gasteiger partial charge in [-0.05, 0) is 75.1 Å². The van der Waals surface area contributed by atoms with Crippen molar-refractivity contribution in [3.63, 3.8) is 0 Å². The van der Waals surface area contributed by atoms with Gasteiger partial charge in [0.05, 0.1) is 10.6 Å². The monoisotopic (exact) mass is 407 g/mol. The highest BCUT2D eigenvalue weighted by atomic mass is 32.2. The standard InChI is InChI=1S/C24H25NO3S/c1-16-14-18(3)23(19(4)15-16)24(26)25(22-13-9-10-17(2)20(22)5)29(27,28)21-11-7-6-8-12-21/h6-15H,1-5H3. The molecule has 0 saturated carbocycles. The Hall–Kier alpha value is -2.92. The third-order valence-corrected chi connectivity index (χ3v) is 6.86. The first-order valence-corrected chi connectivity index (χ1v) is 10.9. The van der Waals surface area contributed by atoms with E-state index in [1.165, 1.54) is 12.1 Å². The van der Waals surface area contributed by atoms with Gasteiger partial charge in [-0.15, -0.1) is 0 Å². The second kappa shape index (κ2) is 7.84. The van der Waals surface area contributed by atoms with Crippen molar-refractivity contribution in [3.8, 4) is 0 Å². The Kier molecular flexibility index (Phi) is 5.62. The zero-order valence-corrected chi connectivity index (χ0v) is 18.2. The molecule has 0 saturated heterocycles. The number of anilines is 1. The summed E-state index contributed by atoms with van der Waals surface area (Å²) in [5.74, 6) is -0.544. The van der Waals surface area contributed by atoms with Gasteiger partial charge < -0.3 is 0 Å². The van der Waals surface area contributed by atoms with Gasteiger partial charge in [0.1, 0.15) is 0 Å². The molecule has 0 aliphatic rings. The minimum absolute atomic E-state index is 0.0803. The normalized spacial score (nSPS) is 11.3. The molecule has 0 spiro atoms. The molecule has 0 atom stereocenters. The Balaban J connectivity index is 2.30. The van der Waals surface area contributed by atoms with Gasteiger partial charge in [-0.3, -0.25) is 4.79 Å². The summed E-state index contributed by atoms with van der Waals surface area (Å²) in [6.45, 7) is 9.37. The minimum Gasteiger partial charge on any atom is -0.268 e. The zero-order chi connectivity index (χ0) is 21.3. The van der Waals surface area contributed by atoms with Crippen LogP contribution >= 0.6 is 0 Å². The van der Waals surface area contributed by atoms with E-state index in [0.29, 0.717) is 11.3 Å². The van der Waals surface area contributed by atoms with Crippen molar-refractivity contribution in [2.24, 2.45) is 0 Å². The fourth-order valence-electron chi connectivity index (χ4n) is 3.62. The summed E-state index contributed by atoms with van der Waals surface area (Å²) < 4.78 is 28.2. The lowest BCUT2D eigenvalue weighted by Crippen LogP contribution is -2.38. The number of nitrogens with zero attached hydrogens (tertiary/aromatic N) is 1. The first-order chi connectivity index (χ1) is 13.6. The molecule has 1 amide bonds. The van der Waals surface area contributed by atoms with E-state index >= 15 is 0 Å². The van der Waals surface area contributed by atoms with E-state index < -0.39 is 15.9 Å². The smallest absolute Gasteiger partial charge is 0.268 e. The van der Waals surface area contributed by atoms with Gasteiger partial charge in [0.15, 0.2) is 0 Å². The van der Waals surface area contributed by atoms with E-state index in [-0.39, 0.29) is 4.90 Å². The Labute approximate surface area is 172 Å². The number of hydrogen-bond acceptors (Lipinski definition) is 3. The van der Waals surface area contributed by atoms with Crippen LogP contribution in [0.4, 0.5) is 5.69 Å². The second-order valence-corrected chi connectivity index (χ2v) is 9.17. The Morgan fingerprint density at radius 2 is 1.34 bits per heavy atom. The topological polar surface area (TPSA) is 54.5 Å². The molecule has 3 aromatic carbocycles. The van der Waals surface area contributed by atoms with Crippen LogP contribution in [-0.2, 0) is 10.0 Å². The molecule has 0 aromatic heterocycles. The van der Waals surface area contributed by atoms with Crippen LogP contribution in [-0.4, -0.2) is 14.3 Å². The molecule has 0 N–H and O–H groups in total. The zero-order valence-electron chi connectivity index (χ0n) is 17.4. The molecule has 0 bridgehead atoms. The predicted molar refractivity (Wildman–Crippen MR) is 117 cm³/mol. The van der Waals surface area contributed by atoms with Crippen molar-refractivity contribution in [2.75, 3.05) is 4.31 Å². The van der Waals surface area contributed by atoms with Gasteiger partial charge in [0.25, 0.3) is 15.9 Å². The molecule has 0 heterocycles. The maximum absolute atomic E-state index is 13.7. The Morgan fingerprint density at radius 3 is 1.93 bits per heavy atom. The lowest BCUT2D eigenvalue weighted by atomic mass is 9.99. The van der Waals surface area contributed by atoms with Crippen LogP contribution < -0.4 is 4.31 Å². The first kappa shape index (κ1) is 20.8. The summed E-state index contributed by atoms with van der Waals surface area (Å²) in [4.78, 5) is 13.8. The second-order valence-electron chi connectivity index (χ2n) is 7.38. The molecular weight excluding hydrogens is 382 g/mol. The van der Waals surface area contributed by atoms with Crippen molar-refractivity contribution >= 4 is 21.6 Å². The van der Waals surface area contributed by atoms with E-state index in [1.54, 1.807) is 30.3 Å². The molecule has 29 heavy (non-hydrogen) atoms. The lowest BCUT2D eigenvalue weighted by Gasteiger charge is -2.26. The molecule has 0 fully saturated rings. The fourth-order valence-corrected chi connectivity index (χ4v) is 5.10. The van der Waals surface area contributed by atoms with Gasteiger partial charge in [0, 0.05) is 5.56 Å².